The summed E-state index contributed by atoms with van der Waals surface area (Å²) in [5, 5.41) is 10.5. The summed E-state index contributed by atoms with van der Waals surface area (Å²) >= 11 is 0. The van der Waals surface area contributed by atoms with Crippen LogP contribution in [-0.2, 0) is 11.2 Å². The van der Waals surface area contributed by atoms with E-state index in [1.807, 2.05) is 0 Å². The van der Waals surface area contributed by atoms with Crippen molar-refractivity contribution in [1.29, 1.82) is 0 Å². The van der Waals surface area contributed by atoms with Gasteiger partial charge in [0.1, 0.15) is 0 Å². The fourth-order valence-electron chi connectivity index (χ4n) is 4.84. The molecule has 0 radical (unpaired) electrons. The smallest absolute Gasteiger partial charge is 0.0900 e. The number of aliphatic hydroxyl groups is 1. The van der Waals surface area contributed by atoms with Crippen molar-refractivity contribution in [2.75, 3.05) is 39.3 Å². The maximum atomic E-state index is 10.5. The number of hydrogen-bond acceptors (Lipinski definition) is 4. The van der Waals surface area contributed by atoms with Crippen LogP contribution in [0.1, 0.15) is 49.3 Å². The number of likely N-dealkylation sites (tertiary alicyclic amines) is 2. The molecular formula is C21H32N2O2. The molecule has 2 heterocycles. The predicted molar refractivity (Wildman–Crippen MR) is 99.7 cm³/mol. The van der Waals surface area contributed by atoms with Gasteiger partial charge in [0.25, 0.3) is 0 Å². The van der Waals surface area contributed by atoms with Crippen LogP contribution < -0.4 is 0 Å². The summed E-state index contributed by atoms with van der Waals surface area (Å²) in [7, 11) is 0. The van der Waals surface area contributed by atoms with E-state index in [1.54, 1.807) is 0 Å². The van der Waals surface area contributed by atoms with E-state index in [4.69, 9.17) is 4.74 Å². The lowest BCUT2D eigenvalue weighted by Crippen LogP contribution is -2.38. The van der Waals surface area contributed by atoms with Crippen molar-refractivity contribution in [1.82, 2.24) is 9.80 Å². The number of ether oxygens (including phenoxy) is 1. The standard InChI is InChI=1S/C21H32N2O2/c24-19(15-22-13-10-18(14-22)23-11-3-4-12-23)16-25-21-9-5-7-17-6-1-2-8-20(17)21/h1-2,6,8,18-19,21,24H,3-5,7,9-16H2. The zero-order chi connectivity index (χ0) is 17.1. The van der Waals surface area contributed by atoms with Crippen LogP contribution in [0.15, 0.2) is 24.3 Å². The van der Waals surface area contributed by atoms with Crippen LogP contribution in [0.3, 0.4) is 0 Å². The molecule has 1 aromatic rings. The number of hydrogen-bond donors (Lipinski definition) is 1. The van der Waals surface area contributed by atoms with Crippen molar-refractivity contribution < 1.29 is 9.84 Å². The maximum Gasteiger partial charge on any atom is 0.0900 e. The Kier molecular flexibility index (Phi) is 5.71. The molecule has 0 amide bonds. The van der Waals surface area contributed by atoms with Gasteiger partial charge in [-0.3, -0.25) is 9.80 Å². The molecule has 1 aliphatic carbocycles. The van der Waals surface area contributed by atoms with Crippen LogP contribution in [0.4, 0.5) is 0 Å². The highest BCUT2D eigenvalue weighted by molar-refractivity contribution is 5.31. The van der Waals surface area contributed by atoms with Gasteiger partial charge in [-0.1, -0.05) is 24.3 Å². The van der Waals surface area contributed by atoms with Gasteiger partial charge in [-0.15, -0.1) is 0 Å². The monoisotopic (exact) mass is 344 g/mol. The van der Waals surface area contributed by atoms with Crippen LogP contribution >= 0.6 is 0 Å². The molecule has 1 aromatic carbocycles. The Balaban J connectivity index is 1.23. The first-order chi connectivity index (χ1) is 12.3. The van der Waals surface area contributed by atoms with Crippen molar-refractivity contribution in [3.63, 3.8) is 0 Å². The molecule has 3 unspecified atom stereocenters. The molecule has 0 saturated carbocycles. The van der Waals surface area contributed by atoms with Crippen LogP contribution in [0, 0.1) is 0 Å². The van der Waals surface area contributed by atoms with E-state index in [2.05, 4.69) is 34.1 Å². The molecule has 0 bridgehead atoms. The molecule has 4 nitrogen and oxygen atoms in total. The summed E-state index contributed by atoms with van der Waals surface area (Å²) in [5.74, 6) is 0. The minimum Gasteiger partial charge on any atom is -0.389 e. The van der Waals surface area contributed by atoms with Crippen molar-refractivity contribution in [2.45, 2.75) is 56.8 Å². The third kappa shape index (κ3) is 4.25. The molecule has 2 saturated heterocycles. The summed E-state index contributed by atoms with van der Waals surface area (Å²) in [6.45, 7) is 5.97. The fraction of sp³-hybridized carbons (Fsp3) is 0.714. The first kappa shape index (κ1) is 17.5. The summed E-state index contributed by atoms with van der Waals surface area (Å²) in [5.41, 5.74) is 2.75. The quantitative estimate of drug-likeness (QED) is 0.861. The molecular weight excluding hydrogens is 312 g/mol. The Morgan fingerprint density at radius 2 is 1.92 bits per heavy atom. The molecule has 3 atom stereocenters. The fourth-order valence-corrected chi connectivity index (χ4v) is 4.84. The van der Waals surface area contributed by atoms with Crippen LogP contribution in [0.25, 0.3) is 0 Å². The number of benzene rings is 1. The van der Waals surface area contributed by atoms with Gasteiger partial charge in [0.15, 0.2) is 0 Å². The minimum absolute atomic E-state index is 0.163. The van der Waals surface area contributed by atoms with Gasteiger partial charge < -0.3 is 9.84 Å². The van der Waals surface area contributed by atoms with Crippen LogP contribution in [0.2, 0.25) is 0 Å². The zero-order valence-corrected chi connectivity index (χ0v) is 15.3. The molecule has 4 heteroatoms. The topological polar surface area (TPSA) is 35.9 Å². The van der Waals surface area contributed by atoms with Gasteiger partial charge >= 0.3 is 0 Å². The lowest BCUT2D eigenvalue weighted by Gasteiger charge is -2.28. The van der Waals surface area contributed by atoms with E-state index in [1.165, 1.54) is 49.9 Å². The Morgan fingerprint density at radius 1 is 1.08 bits per heavy atom. The van der Waals surface area contributed by atoms with Crippen LogP contribution in [-0.4, -0.2) is 66.4 Å². The van der Waals surface area contributed by atoms with Crippen LogP contribution in [0.5, 0.6) is 0 Å². The largest absolute Gasteiger partial charge is 0.389 e. The number of β-amino-alcohol motifs (C(OH)–C–C–N with tert-alkyl or cyclic N) is 1. The van der Waals surface area contributed by atoms with Gasteiger partial charge in [0.2, 0.25) is 0 Å². The lowest BCUT2D eigenvalue weighted by atomic mass is 9.89. The first-order valence-electron chi connectivity index (χ1n) is 10.1. The second kappa shape index (κ2) is 8.17. The number of nitrogens with zero attached hydrogens (tertiary/aromatic N) is 2. The molecule has 3 aliphatic rings. The molecule has 2 fully saturated rings. The van der Waals surface area contributed by atoms with Gasteiger partial charge in [-0.25, -0.2) is 0 Å². The van der Waals surface area contributed by atoms with Crippen molar-refractivity contribution >= 4 is 0 Å². The number of rotatable bonds is 6. The number of aliphatic hydroxyl groups excluding tert-OH is 1. The number of aryl methyl sites for hydroxylation is 1. The molecule has 1 N–H and O–H groups in total. The van der Waals surface area contributed by atoms with E-state index in [-0.39, 0.29) is 12.2 Å². The predicted octanol–water partition coefficient (Wildman–Crippen LogP) is 2.61. The summed E-state index contributed by atoms with van der Waals surface area (Å²) in [6.07, 6.45) is 7.16. The Labute approximate surface area is 151 Å². The Bertz CT molecular complexity index is 559. The number of fused-ring (bicyclic) bond motifs is 1. The molecule has 4 rings (SSSR count). The van der Waals surface area contributed by atoms with E-state index >= 15 is 0 Å². The highest BCUT2D eigenvalue weighted by atomic mass is 16.5. The summed E-state index contributed by atoms with van der Waals surface area (Å²) in [6, 6.07) is 9.32. The molecule has 2 aliphatic heterocycles. The minimum atomic E-state index is -0.383. The van der Waals surface area contributed by atoms with Gasteiger partial charge in [-0.05, 0) is 69.3 Å². The van der Waals surface area contributed by atoms with Crippen molar-refractivity contribution in [3.8, 4) is 0 Å². The van der Waals surface area contributed by atoms with E-state index < -0.39 is 0 Å². The molecule has 0 aromatic heterocycles. The van der Waals surface area contributed by atoms with Gasteiger partial charge in [-0.2, -0.15) is 0 Å². The summed E-state index contributed by atoms with van der Waals surface area (Å²) < 4.78 is 6.12. The van der Waals surface area contributed by atoms with E-state index in [9.17, 15) is 5.11 Å². The molecule has 0 spiro atoms. The Hall–Kier alpha value is -0.940. The highest BCUT2D eigenvalue weighted by Crippen LogP contribution is 2.32. The normalized spacial score (nSPS) is 29.0. The van der Waals surface area contributed by atoms with Gasteiger partial charge in [0, 0.05) is 19.1 Å². The van der Waals surface area contributed by atoms with Crippen molar-refractivity contribution in [3.05, 3.63) is 35.4 Å². The summed E-state index contributed by atoms with van der Waals surface area (Å²) in [4.78, 5) is 5.06. The van der Waals surface area contributed by atoms with Gasteiger partial charge in [0.05, 0.1) is 18.8 Å². The van der Waals surface area contributed by atoms with E-state index in [0.29, 0.717) is 12.6 Å². The third-order valence-electron chi connectivity index (χ3n) is 6.18. The SMILES string of the molecule is OC(COC1CCCc2ccccc21)CN1CCC(N2CCCC2)C1. The van der Waals surface area contributed by atoms with E-state index in [0.717, 1.165) is 32.5 Å². The lowest BCUT2D eigenvalue weighted by molar-refractivity contribution is -0.0266. The first-order valence-corrected chi connectivity index (χ1v) is 10.1. The molecule has 138 valence electrons. The average Bonchev–Trinajstić information content (AvgIpc) is 3.31. The third-order valence-corrected chi connectivity index (χ3v) is 6.18. The zero-order valence-electron chi connectivity index (χ0n) is 15.3. The highest BCUT2D eigenvalue weighted by Gasteiger charge is 2.30. The second-order valence-electron chi connectivity index (χ2n) is 8.01. The van der Waals surface area contributed by atoms with Crippen molar-refractivity contribution in [2.24, 2.45) is 0 Å². The second-order valence-corrected chi connectivity index (χ2v) is 8.01. The maximum absolute atomic E-state index is 10.5. The molecule has 25 heavy (non-hydrogen) atoms. The average molecular weight is 344 g/mol. The Morgan fingerprint density at radius 3 is 2.80 bits per heavy atom.